The van der Waals surface area contributed by atoms with Gasteiger partial charge in [-0.1, -0.05) is 23.2 Å². The lowest BCUT2D eigenvalue weighted by Gasteiger charge is -2.18. The fourth-order valence-electron chi connectivity index (χ4n) is 4.77. The number of anilines is 1. The number of tetrazole rings is 1. The Morgan fingerprint density at radius 1 is 1.06 bits per heavy atom. The number of benzene rings is 1. The summed E-state index contributed by atoms with van der Waals surface area (Å²) in [6.45, 7) is 0. The third-order valence-corrected chi connectivity index (χ3v) is 6.94. The number of aromatic nitrogens is 6. The molecule has 2 aliphatic heterocycles. The SMILES string of the molecule is Nc1ccc(C2=NC(Cl)=C([C@@H]3CCc4cc(-c5cc(Cl)ccc5-n5cnnn5)cc(=O)n43)C2)cn1. The summed E-state index contributed by atoms with van der Waals surface area (Å²) in [5.41, 5.74) is 11.4. The number of nitrogens with two attached hydrogens (primary N) is 1. The number of nitrogen functional groups attached to an aromatic ring is 1. The topological polar surface area (TPSA) is 117 Å². The van der Waals surface area contributed by atoms with Crippen molar-refractivity contribution in [2.45, 2.75) is 25.3 Å². The van der Waals surface area contributed by atoms with Gasteiger partial charge in [0.2, 0.25) is 0 Å². The van der Waals surface area contributed by atoms with Gasteiger partial charge in [0.1, 0.15) is 17.3 Å². The Bertz CT molecular complexity index is 1570. The van der Waals surface area contributed by atoms with E-state index in [0.717, 1.165) is 52.2 Å². The molecule has 6 rings (SSSR count). The molecule has 174 valence electrons. The van der Waals surface area contributed by atoms with E-state index >= 15 is 0 Å². The van der Waals surface area contributed by atoms with Gasteiger partial charge in [0.25, 0.3) is 5.56 Å². The second kappa shape index (κ2) is 8.44. The highest BCUT2D eigenvalue weighted by molar-refractivity contribution is 6.32. The molecule has 4 aromatic rings. The van der Waals surface area contributed by atoms with E-state index in [1.807, 2.05) is 28.8 Å². The number of nitrogens with zero attached hydrogens (tertiary/aromatic N) is 7. The molecule has 1 aromatic carbocycles. The number of hydrogen-bond donors (Lipinski definition) is 1. The summed E-state index contributed by atoms with van der Waals surface area (Å²) in [7, 11) is 0. The van der Waals surface area contributed by atoms with Crippen molar-refractivity contribution in [2.75, 3.05) is 5.73 Å². The van der Waals surface area contributed by atoms with Crippen molar-refractivity contribution >= 4 is 34.7 Å². The molecule has 0 saturated heterocycles. The third kappa shape index (κ3) is 3.82. The summed E-state index contributed by atoms with van der Waals surface area (Å²) in [6, 6.07) is 12.5. The Labute approximate surface area is 209 Å². The predicted molar refractivity (Wildman–Crippen MR) is 134 cm³/mol. The number of aliphatic imine (C=N–C) groups is 1. The highest BCUT2D eigenvalue weighted by Gasteiger charge is 2.32. The van der Waals surface area contributed by atoms with Crippen LogP contribution in [0.4, 0.5) is 5.82 Å². The van der Waals surface area contributed by atoms with Crippen molar-refractivity contribution in [1.29, 1.82) is 0 Å². The zero-order chi connectivity index (χ0) is 24.1. The molecule has 2 aliphatic rings. The largest absolute Gasteiger partial charge is 0.384 e. The van der Waals surface area contributed by atoms with Crippen molar-refractivity contribution in [3.05, 3.63) is 92.4 Å². The summed E-state index contributed by atoms with van der Waals surface area (Å²) < 4.78 is 3.37. The zero-order valence-corrected chi connectivity index (χ0v) is 19.8. The normalized spacial score (nSPS) is 17.1. The molecule has 0 amide bonds. The third-order valence-electron chi connectivity index (χ3n) is 6.38. The predicted octanol–water partition coefficient (Wildman–Crippen LogP) is 3.95. The van der Waals surface area contributed by atoms with E-state index in [4.69, 9.17) is 28.9 Å². The van der Waals surface area contributed by atoms with Gasteiger partial charge in [-0.3, -0.25) is 4.79 Å². The van der Waals surface area contributed by atoms with Crippen molar-refractivity contribution in [2.24, 2.45) is 4.99 Å². The molecule has 0 aliphatic carbocycles. The number of pyridine rings is 2. The van der Waals surface area contributed by atoms with Crippen LogP contribution in [-0.2, 0) is 6.42 Å². The minimum absolute atomic E-state index is 0.109. The van der Waals surface area contributed by atoms with Crippen LogP contribution < -0.4 is 11.3 Å². The van der Waals surface area contributed by atoms with Crippen molar-refractivity contribution in [3.63, 3.8) is 0 Å². The molecule has 5 heterocycles. The van der Waals surface area contributed by atoms with Crippen molar-refractivity contribution < 1.29 is 0 Å². The zero-order valence-electron chi connectivity index (χ0n) is 18.3. The van der Waals surface area contributed by atoms with Crippen LogP contribution >= 0.6 is 23.2 Å². The maximum Gasteiger partial charge on any atom is 0.251 e. The Morgan fingerprint density at radius 3 is 2.71 bits per heavy atom. The second-order valence-corrected chi connectivity index (χ2v) is 9.23. The fourth-order valence-corrected chi connectivity index (χ4v) is 5.24. The second-order valence-electron chi connectivity index (χ2n) is 8.44. The highest BCUT2D eigenvalue weighted by atomic mass is 35.5. The Hall–Kier alpha value is -3.82. The lowest BCUT2D eigenvalue weighted by Crippen LogP contribution is -2.24. The van der Waals surface area contributed by atoms with Crippen LogP contribution in [0.25, 0.3) is 16.8 Å². The standard InChI is InChI=1S/C24H18Cl2N8O/c25-15-2-4-20(33-12-29-31-32-33)17(9-15)14-7-16-3-5-21(34(16)23(35)8-14)18-10-19(30-24(18)26)13-1-6-22(27)28-11-13/h1-2,4,6-9,11-12,21H,3,5,10H2,(H2,27,28)/t21-/m0/s1. The molecule has 2 N–H and O–H groups in total. The molecule has 0 saturated carbocycles. The first-order valence-corrected chi connectivity index (χ1v) is 11.7. The Kier molecular flexibility index (Phi) is 5.23. The van der Waals surface area contributed by atoms with E-state index in [1.54, 1.807) is 29.1 Å². The van der Waals surface area contributed by atoms with E-state index in [2.05, 4.69) is 25.5 Å². The van der Waals surface area contributed by atoms with Gasteiger partial charge in [-0.2, -0.15) is 4.68 Å². The van der Waals surface area contributed by atoms with Gasteiger partial charge in [-0.15, -0.1) is 5.10 Å². The van der Waals surface area contributed by atoms with Crippen LogP contribution in [0.15, 0.2) is 75.5 Å². The first kappa shape index (κ1) is 21.7. The quantitative estimate of drug-likeness (QED) is 0.420. The Morgan fingerprint density at radius 2 is 1.94 bits per heavy atom. The number of aryl methyl sites for hydroxylation is 1. The lowest BCUT2D eigenvalue weighted by atomic mass is 9.99. The first-order chi connectivity index (χ1) is 17.0. The Balaban J connectivity index is 1.35. The number of hydrogen-bond acceptors (Lipinski definition) is 7. The van der Waals surface area contributed by atoms with Gasteiger partial charge in [0, 0.05) is 40.5 Å². The van der Waals surface area contributed by atoms with Crippen LogP contribution in [0, 0.1) is 0 Å². The summed E-state index contributed by atoms with van der Waals surface area (Å²) in [5.74, 6) is 0.446. The monoisotopic (exact) mass is 504 g/mol. The van der Waals surface area contributed by atoms with Gasteiger partial charge in [0.15, 0.2) is 0 Å². The van der Waals surface area contributed by atoms with E-state index < -0.39 is 0 Å². The number of halogens is 2. The molecule has 0 spiro atoms. The van der Waals surface area contributed by atoms with Gasteiger partial charge < -0.3 is 10.3 Å². The molecule has 11 heteroatoms. The van der Waals surface area contributed by atoms with Crippen LogP contribution in [0.5, 0.6) is 0 Å². The molecule has 35 heavy (non-hydrogen) atoms. The van der Waals surface area contributed by atoms with Gasteiger partial charge >= 0.3 is 0 Å². The summed E-state index contributed by atoms with van der Waals surface area (Å²) >= 11 is 12.9. The average Bonchev–Trinajstić information content (AvgIpc) is 3.59. The summed E-state index contributed by atoms with van der Waals surface area (Å²) in [5, 5.41) is 12.4. The van der Waals surface area contributed by atoms with E-state index in [-0.39, 0.29) is 11.6 Å². The molecule has 0 unspecified atom stereocenters. The lowest BCUT2D eigenvalue weighted by molar-refractivity contribution is 0.583. The minimum atomic E-state index is -0.152. The van der Waals surface area contributed by atoms with E-state index in [9.17, 15) is 4.79 Å². The minimum Gasteiger partial charge on any atom is -0.384 e. The molecule has 0 fully saturated rings. The summed E-state index contributed by atoms with van der Waals surface area (Å²) in [4.78, 5) is 22.1. The van der Waals surface area contributed by atoms with Crippen LogP contribution in [0.2, 0.25) is 5.02 Å². The molecule has 9 nitrogen and oxygen atoms in total. The number of fused-ring (bicyclic) bond motifs is 1. The molecule has 0 radical (unpaired) electrons. The van der Waals surface area contributed by atoms with Crippen molar-refractivity contribution in [3.8, 4) is 16.8 Å². The smallest absolute Gasteiger partial charge is 0.251 e. The maximum atomic E-state index is 13.4. The molecule has 3 aromatic heterocycles. The van der Waals surface area contributed by atoms with Gasteiger partial charge in [-0.05, 0) is 70.8 Å². The molecular weight excluding hydrogens is 487 g/mol. The number of rotatable bonds is 4. The average molecular weight is 505 g/mol. The molecular formula is C24H18Cl2N8O. The van der Waals surface area contributed by atoms with Gasteiger partial charge in [0.05, 0.1) is 17.4 Å². The fraction of sp³-hybridized carbons (Fsp3) is 0.167. The van der Waals surface area contributed by atoms with E-state index in [1.165, 1.54) is 6.33 Å². The summed E-state index contributed by atoms with van der Waals surface area (Å²) in [6.07, 6.45) is 5.26. The van der Waals surface area contributed by atoms with Crippen LogP contribution in [0.3, 0.4) is 0 Å². The van der Waals surface area contributed by atoms with Crippen LogP contribution in [-0.4, -0.2) is 35.5 Å². The molecule has 0 bridgehead atoms. The molecule has 1 atom stereocenters. The van der Waals surface area contributed by atoms with Crippen molar-refractivity contribution in [1.82, 2.24) is 29.8 Å². The first-order valence-electron chi connectivity index (χ1n) is 10.9. The maximum absolute atomic E-state index is 13.4. The van der Waals surface area contributed by atoms with E-state index in [0.29, 0.717) is 22.4 Å². The highest BCUT2D eigenvalue weighted by Crippen LogP contribution is 2.40. The van der Waals surface area contributed by atoms with Gasteiger partial charge in [-0.25, -0.2) is 9.98 Å². The van der Waals surface area contributed by atoms with Crippen LogP contribution in [0.1, 0.15) is 30.1 Å². The number of allylic oxidation sites excluding steroid dienone is 1.